The van der Waals surface area contributed by atoms with E-state index in [9.17, 15) is 19.7 Å². The summed E-state index contributed by atoms with van der Waals surface area (Å²) in [6.45, 7) is 4.41. The molecule has 8 heteroatoms. The van der Waals surface area contributed by atoms with Crippen molar-refractivity contribution in [3.63, 3.8) is 0 Å². The second-order valence-electron chi connectivity index (χ2n) is 6.61. The average molecular weight is 346 g/mol. The number of nitro benzene ring substituents is 1. The maximum Gasteiger partial charge on any atom is 0.271 e. The number of carbonyl (C=O) groups is 2. The monoisotopic (exact) mass is 346 g/mol. The Morgan fingerprint density at radius 2 is 1.92 bits per heavy atom. The smallest absolute Gasteiger partial charge is 0.271 e. The summed E-state index contributed by atoms with van der Waals surface area (Å²) < 4.78 is 0. The van der Waals surface area contributed by atoms with E-state index in [1.807, 2.05) is 16.7 Å². The van der Waals surface area contributed by atoms with Crippen molar-refractivity contribution >= 4 is 23.2 Å². The fourth-order valence-corrected chi connectivity index (χ4v) is 3.03. The van der Waals surface area contributed by atoms with Crippen LogP contribution in [0.15, 0.2) is 24.3 Å². The van der Waals surface area contributed by atoms with Gasteiger partial charge in [0.1, 0.15) is 0 Å². The molecular formula is C17H22N4O4. The lowest BCUT2D eigenvalue weighted by Crippen LogP contribution is -2.54. The number of nitrogens with one attached hydrogen (secondary N) is 1. The van der Waals surface area contributed by atoms with Crippen molar-refractivity contribution in [3.05, 3.63) is 34.4 Å². The quantitative estimate of drug-likeness (QED) is 0.643. The third-order valence-electron chi connectivity index (χ3n) is 4.80. The minimum Gasteiger partial charge on any atom is -0.340 e. The molecule has 0 unspecified atom stereocenters. The minimum absolute atomic E-state index is 0.0577. The van der Waals surface area contributed by atoms with Crippen molar-refractivity contribution in [1.29, 1.82) is 0 Å². The molecule has 0 aromatic heterocycles. The standard InChI is InChI=1S/C17H22N4O4/c1-12(16(22)18-14-3-2-4-15(11-14)21(24)25)19-7-9-20(10-8-19)17(23)13-5-6-13/h2-4,11-13H,5-10H2,1H3,(H,18,22)/t12-/m0/s1. The molecule has 0 bridgehead atoms. The van der Waals surface area contributed by atoms with E-state index < -0.39 is 4.92 Å². The maximum absolute atomic E-state index is 12.4. The molecular weight excluding hydrogens is 324 g/mol. The van der Waals surface area contributed by atoms with Gasteiger partial charge >= 0.3 is 0 Å². The van der Waals surface area contributed by atoms with E-state index in [1.165, 1.54) is 12.1 Å². The third-order valence-corrected chi connectivity index (χ3v) is 4.80. The topological polar surface area (TPSA) is 95.8 Å². The van der Waals surface area contributed by atoms with E-state index in [0.717, 1.165) is 12.8 Å². The minimum atomic E-state index is -0.491. The second kappa shape index (κ2) is 7.18. The number of amides is 2. The van der Waals surface area contributed by atoms with Crippen LogP contribution in [0.25, 0.3) is 0 Å². The zero-order chi connectivity index (χ0) is 18.0. The number of hydrogen-bond donors (Lipinski definition) is 1. The predicted octanol–water partition coefficient (Wildman–Crippen LogP) is 1.48. The number of carbonyl (C=O) groups excluding carboxylic acids is 2. The molecule has 1 aromatic carbocycles. The van der Waals surface area contributed by atoms with E-state index in [4.69, 9.17) is 0 Å². The summed E-state index contributed by atoms with van der Waals surface area (Å²) in [5.41, 5.74) is 0.353. The Kier molecular flexibility index (Phi) is 4.98. The third kappa shape index (κ3) is 4.14. The number of hydrogen-bond acceptors (Lipinski definition) is 5. The molecule has 2 amide bonds. The van der Waals surface area contributed by atoms with Gasteiger partial charge in [0.25, 0.3) is 5.69 Å². The zero-order valence-corrected chi connectivity index (χ0v) is 14.2. The number of nitro groups is 1. The molecule has 1 heterocycles. The number of nitrogens with zero attached hydrogens (tertiary/aromatic N) is 3. The summed E-state index contributed by atoms with van der Waals surface area (Å²) in [5.74, 6) is 0.261. The first-order chi connectivity index (χ1) is 12.0. The summed E-state index contributed by atoms with van der Waals surface area (Å²) in [5, 5.41) is 13.5. The summed E-state index contributed by atoms with van der Waals surface area (Å²) in [6, 6.07) is 5.54. The van der Waals surface area contributed by atoms with Crippen LogP contribution in [0.4, 0.5) is 11.4 Å². The Morgan fingerprint density at radius 3 is 2.52 bits per heavy atom. The molecule has 1 aliphatic heterocycles. The van der Waals surface area contributed by atoms with Crippen molar-refractivity contribution in [2.45, 2.75) is 25.8 Å². The molecule has 1 aromatic rings. The summed E-state index contributed by atoms with van der Waals surface area (Å²) >= 11 is 0. The summed E-state index contributed by atoms with van der Waals surface area (Å²) in [7, 11) is 0. The van der Waals surface area contributed by atoms with Gasteiger partial charge in [-0.1, -0.05) is 6.07 Å². The van der Waals surface area contributed by atoms with Gasteiger partial charge in [-0.15, -0.1) is 0 Å². The Bertz CT molecular complexity index is 681. The first-order valence-electron chi connectivity index (χ1n) is 8.54. The van der Waals surface area contributed by atoms with Crippen LogP contribution in [0.5, 0.6) is 0 Å². The Morgan fingerprint density at radius 1 is 1.24 bits per heavy atom. The van der Waals surface area contributed by atoms with Gasteiger partial charge < -0.3 is 10.2 Å². The molecule has 3 rings (SSSR count). The van der Waals surface area contributed by atoms with Crippen molar-refractivity contribution in [2.75, 3.05) is 31.5 Å². The number of benzene rings is 1. The molecule has 25 heavy (non-hydrogen) atoms. The molecule has 134 valence electrons. The van der Waals surface area contributed by atoms with Gasteiger partial charge in [-0.2, -0.15) is 0 Å². The first kappa shape index (κ1) is 17.3. The Hall–Kier alpha value is -2.48. The largest absolute Gasteiger partial charge is 0.340 e. The number of anilines is 1. The van der Waals surface area contributed by atoms with Crippen LogP contribution in [0.1, 0.15) is 19.8 Å². The van der Waals surface area contributed by atoms with E-state index in [0.29, 0.717) is 31.9 Å². The van der Waals surface area contributed by atoms with Crippen LogP contribution in [-0.4, -0.2) is 58.8 Å². The highest BCUT2D eigenvalue weighted by atomic mass is 16.6. The molecule has 1 saturated heterocycles. The van der Waals surface area contributed by atoms with E-state index in [-0.39, 0.29) is 29.5 Å². The van der Waals surface area contributed by atoms with Crippen LogP contribution in [-0.2, 0) is 9.59 Å². The molecule has 2 aliphatic rings. The highest BCUT2D eigenvalue weighted by molar-refractivity contribution is 5.94. The first-order valence-corrected chi connectivity index (χ1v) is 8.54. The van der Waals surface area contributed by atoms with Crippen molar-refractivity contribution in [2.24, 2.45) is 5.92 Å². The summed E-state index contributed by atoms with van der Waals surface area (Å²) in [6.07, 6.45) is 2.00. The van der Waals surface area contributed by atoms with Gasteiger partial charge in [0, 0.05) is 49.9 Å². The lowest BCUT2D eigenvalue weighted by molar-refractivity contribution is -0.384. The van der Waals surface area contributed by atoms with Crippen LogP contribution in [0, 0.1) is 16.0 Å². The molecule has 1 atom stereocenters. The normalized spacial score (nSPS) is 19.3. The Labute approximate surface area is 145 Å². The van der Waals surface area contributed by atoms with Gasteiger partial charge in [0.05, 0.1) is 11.0 Å². The second-order valence-corrected chi connectivity index (χ2v) is 6.61. The van der Waals surface area contributed by atoms with Crippen LogP contribution in [0.3, 0.4) is 0 Å². The number of non-ortho nitro benzene ring substituents is 1. The van der Waals surface area contributed by atoms with Gasteiger partial charge in [0.2, 0.25) is 11.8 Å². The zero-order valence-electron chi connectivity index (χ0n) is 14.2. The van der Waals surface area contributed by atoms with Gasteiger partial charge in [0.15, 0.2) is 0 Å². The molecule has 0 radical (unpaired) electrons. The molecule has 2 fully saturated rings. The fourth-order valence-electron chi connectivity index (χ4n) is 3.03. The molecule has 1 N–H and O–H groups in total. The predicted molar refractivity (Wildman–Crippen MR) is 92.1 cm³/mol. The molecule has 0 spiro atoms. The maximum atomic E-state index is 12.4. The van der Waals surface area contributed by atoms with Gasteiger partial charge in [-0.05, 0) is 25.8 Å². The van der Waals surface area contributed by atoms with Crippen molar-refractivity contribution < 1.29 is 14.5 Å². The fraction of sp³-hybridized carbons (Fsp3) is 0.529. The number of rotatable bonds is 5. The van der Waals surface area contributed by atoms with Crippen LogP contribution >= 0.6 is 0 Å². The number of piperazine rings is 1. The van der Waals surface area contributed by atoms with Crippen molar-refractivity contribution in [1.82, 2.24) is 9.80 Å². The van der Waals surface area contributed by atoms with Gasteiger partial charge in [-0.25, -0.2) is 0 Å². The molecule has 1 saturated carbocycles. The highest BCUT2D eigenvalue weighted by Crippen LogP contribution is 2.31. The van der Waals surface area contributed by atoms with E-state index in [1.54, 1.807) is 12.1 Å². The van der Waals surface area contributed by atoms with Crippen LogP contribution < -0.4 is 5.32 Å². The lowest BCUT2D eigenvalue weighted by Gasteiger charge is -2.37. The lowest BCUT2D eigenvalue weighted by atomic mass is 10.2. The van der Waals surface area contributed by atoms with E-state index in [2.05, 4.69) is 5.32 Å². The summed E-state index contributed by atoms with van der Waals surface area (Å²) in [4.78, 5) is 38.7. The van der Waals surface area contributed by atoms with E-state index >= 15 is 0 Å². The van der Waals surface area contributed by atoms with Crippen LogP contribution in [0.2, 0.25) is 0 Å². The van der Waals surface area contributed by atoms with Gasteiger partial charge in [-0.3, -0.25) is 24.6 Å². The molecule has 8 nitrogen and oxygen atoms in total. The van der Waals surface area contributed by atoms with Crippen molar-refractivity contribution in [3.8, 4) is 0 Å². The molecule has 1 aliphatic carbocycles. The average Bonchev–Trinajstić information content (AvgIpc) is 3.46. The SMILES string of the molecule is C[C@@H](C(=O)Nc1cccc([N+](=O)[O-])c1)N1CCN(C(=O)C2CC2)CC1. The highest BCUT2D eigenvalue weighted by Gasteiger charge is 2.35. The Balaban J connectivity index is 1.53.